The van der Waals surface area contributed by atoms with Crippen molar-refractivity contribution in [2.24, 2.45) is 4.99 Å². The molecular weight excluding hydrogens is 302 g/mol. The van der Waals surface area contributed by atoms with E-state index in [1.807, 2.05) is 0 Å². The van der Waals surface area contributed by atoms with E-state index in [-0.39, 0.29) is 6.54 Å². The summed E-state index contributed by atoms with van der Waals surface area (Å²) < 4.78 is 52.2. The van der Waals surface area contributed by atoms with E-state index in [0.29, 0.717) is 18.6 Å². The second-order valence-corrected chi connectivity index (χ2v) is 6.15. The molecule has 0 saturated heterocycles. The minimum atomic E-state index is -4.00. The zero-order chi connectivity index (χ0) is 15.3. The van der Waals surface area contributed by atoms with E-state index in [1.165, 1.54) is 0 Å². The van der Waals surface area contributed by atoms with Crippen molar-refractivity contribution < 1.29 is 17.2 Å². The fraction of sp³-hybridized carbons (Fsp3) is 0.417. The van der Waals surface area contributed by atoms with Crippen molar-refractivity contribution >= 4 is 16.0 Å². The molecule has 0 bridgehead atoms. The van der Waals surface area contributed by atoms with Crippen LogP contribution in [-0.2, 0) is 10.0 Å². The van der Waals surface area contributed by atoms with Crippen molar-refractivity contribution in [1.82, 2.24) is 15.4 Å². The average Bonchev–Trinajstić information content (AvgIpc) is 2.44. The third-order valence-electron chi connectivity index (χ3n) is 2.79. The van der Waals surface area contributed by atoms with Crippen LogP contribution in [0.4, 0.5) is 8.78 Å². The van der Waals surface area contributed by atoms with Crippen molar-refractivity contribution in [2.75, 3.05) is 26.2 Å². The first-order chi connectivity index (χ1) is 9.99. The van der Waals surface area contributed by atoms with Crippen molar-refractivity contribution in [1.29, 1.82) is 0 Å². The van der Waals surface area contributed by atoms with Gasteiger partial charge in [0.15, 0.2) is 5.96 Å². The number of guanidine groups is 1. The molecule has 1 aromatic carbocycles. The highest BCUT2D eigenvalue weighted by molar-refractivity contribution is 7.89. The Morgan fingerprint density at radius 2 is 2.10 bits per heavy atom. The number of hydrogen-bond acceptors (Lipinski definition) is 5. The first-order valence-corrected chi connectivity index (χ1v) is 7.94. The predicted molar refractivity (Wildman–Crippen MR) is 74.5 cm³/mol. The van der Waals surface area contributed by atoms with Crippen molar-refractivity contribution in [3.05, 3.63) is 29.8 Å². The SMILES string of the molecule is O=S(=O)(NCCNC1=NCCCN1)c1ccc(F)cc1F. The Morgan fingerprint density at radius 3 is 2.76 bits per heavy atom. The maximum absolute atomic E-state index is 13.4. The van der Waals surface area contributed by atoms with Crippen molar-refractivity contribution in [2.45, 2.75) is 11.3 Å². The first-order valence-electron chi connectivity index (χ1n) is 6.46. The smallest absolute Gasteiger partial charge is 0.243 e. The van der Waals surface area contributed by atoms with Crippen LogP contribution in [0.15, 0.2) is 28.1 Å². The summed E-state index contributed by atoms with van der Waals surface area (Å²) in [6.07, 6.45) is 0.960. The van der Waals surface area contributed by atoms with Crippen LogP contribution in [0.25, 0.3) is 0 Å². The quantitative estimate of drug-likeness (QED) is 0.677. The normalized spacial score (nSPS) is 15.2. The van der Waals surface area contributed by atoms with Crippen LogP contribution < -0.4 is 15.4 Å². The summed E-state index contributed by atoms with van der Waals surface area (Å²) in [6, 6.07) is 2.33. The molecule has 0 spiro atoms. The highest BCUT2D eigenvalue weighted by atomic mass is 32.2. The molecule has 6 nitrogen and oxygen atoms in total. The molecule has 9 heteroatoms. The number of hydrogen-bond donors (Lipinski definition) is 3. The van der Waals surface area contributed by atoms with Gasteiger partial charge in [-0.15, -0.1) is 0 Å². The second kappa shape index (κ2) is 6.81. The molecule has 21 heavy (non-hydrogen) atoms. The van der Waals surface area contributed by atoms with E-state index >= 15 is 0 Å². The molecule has 2 rings (SSSR count). The zero-order valence-electron chi connectivity index (χ0n) is 11.2. The molecule has 1 aliphatic rings. The lowest BCUT2D eigenvalue weighted by Crippen LogP contribution is -2.43. The Labute approximate surface area is 121 Å². The maximum Gasteiger partial charge on any atom is 0.243 e. The van der Waals surface area contributed by atoms with Crippen LogP contribution in [0.2, 0.25) is 0 Å². The Bertz CT molecular complexity index is 634. The fourth-order valence-corrected chi connectivity index (χ4v) is 2.88. The summed E-state index contributed by atoms with van der Waals surface area (Å²) in [5.41, 5.74) is 0. The first kappa shape index (κ1) is 15.6. The van der Waals surface area contributed by atoms with Gasteiger partial charge in [-0.2, -0.15) is 0 Å². The fourth-order valence-electron chi connectivity index (χ4n) is 1.79. The molecule has 0 saturated carbocycles. The molecule has 0 aromatic heterocycles. The van der Waals surface area contributed by atoms with Crippen LogP contribution in [0.1, 0.15) is 6.42 Å². The Kier molecular flexibility index (Phi) is 5.07. The standard InChI is InChI=1S/C12H16F2N4O2S/c13-9-2-3-11(10(14)8-9)21(19,20)18-7-6-17-12-15-4-1-5-16-12/h2-3,8,18H,1,4-7H2,(H2,15,16,17). The van der Waals surface area contributed by atoms with E-state index in [1.54, 1.807) is 0 Å². The van der Waals surface area contributed by atoms with Crippen LogP contribution in [0.5, 0.6) is 0 Å². The minimum absolute atomic E-state index is 0.0554. The van der Waals surface area contributed by atoms with Gasteiger partial charge in [0.25, 0.3) is 0 Å². The predicted octanol–water partition coefficient (Wildman–Crippen LogP) is 0.182. The van der Waals surface area contributed by atoms with Crippen molar-refractivity contribution in [3.63, 3.8) is 0 Å². The van der Waals surface area contributed by atoms with Crippen LogP contribution in [0.3, 0.4) is 0 Å². The lowest BCUT2D eigenvalue weighted by atomic mass is 10.3. The van der Waals surface area contributed by atoms with Gasteiger partial charge in [-0.05, 0) is 18.6 Å². The third-order valence-corrected chi connectivity index (χ3v) is 4.28. The maximum atomic E-state index is 13.4. The molecule has 0 fully saturated rings. The Balaban J connectivity index is 1.88. The van der Waals surface area contributed by atoms with Gasteiger partial charge in [0.1, 0.15) is 16.5 Å². The monoisotopic (exact) mass is 318 g/mol. The Morgan fingerprint density at radius 1 is 1.29 bits per heavy atom. The van der Waals surface area contributed by atoms with Gasteiger partial charge in [0.2, 0.25) is 10.0 Å². The lowest BCUT2D eigenvalue weighted by Gasteiger charge is -2.16. The van der Waals surface area contributed by atoms with Gasteiger partial charge in [0, 0.05) is 32.2 Å². The summed E-state index contributed by atoms with van der Waals surface area (Å²) in [4.78, 5) is 3.59. The molecular formula is C12H16F2N4O2S. The van der Waals surface area contributed by atoms with Gasteiger partial charge >= 0.3 is 0 Å². The van der Waals surface area contributed by atoms with Gasteiger partial charge < -0.3 is 10.6 Å². The van der Waals surface area contributed by atoms with E-state index in [4.69, 9.17) is 0 Å². The van der Waals surface area contributed by atoms with E-state index in [0.717, 1.165) is 31.6 Å². The lowest BCUT2D eigenvalue weighted by molar-refractivity contribution is 0.543. The minimum Gasteiger partial charge on any atom is -0.356 e. The summed E-state index contributed by atoms with van der Waals surface area (Å²) in [7, 11) is -4.00. The van der Waals surface area contributed by atoms with Crippen LogP contribution >= 0.6 is 0 Å². The zero-order valence-corrected chi connectivity index (χ0v) is 12.0. The van der Waals surface area contributed by atoms with E-state index < -0.39 is 26.6 Å². The summed E-state index contributed by atoms with van der Waals surface area (Å²) in [5.74, 6) is -1.32. The molecule has 0 radical (unpaired) electrons. The number of halogens is 2. The molecule has 1 aliphatic heterocycles. The van der Waals surface area contributed by atoms with Crippen LogP contribution in [-0.4, -0.2) is 40.6 Å². The summed E-state index contributed by atoms with van der Waals surface area (Å²) >= 11 is 0. The largest absolute Gasteiger partial charge is 0.356 e. The number of nitrogens with one attached hydrogen (secondary N) is 3. The Hall–Kier alpha value is -1.74. The molecule has 1 aromatic rings. The van der Waals surface area contributed by atoms with Gasteiger partial charge in [0.05, 0.1) is 0 Å². The molecule has 116 valence electrons. The second-order valence-electron chi connectivity index (χ2n) is 4.41. The number of benzene rings is 1. The molecule has 0 unspecified atom stereocenters. The number of rotatable bonds is 5. The highest BCUT2D eigenvalue weighted by Crippen LogP contribution is 2.14. The average molecular weight is 318 g/mol. The van der Waals surface area contributed by atoms with Gasteiger partial charge in [-0.3, -0.25) is 4.99 Å². The topological polar surface area (TPSA) is 82.6 Å². The van der Waals surface area contributed by atoms with Gasteiger partial charge in [-0.1, -0.05) is 0 Å². The molecule has 1 heterocycles. The van der Waals surface area contributed by atoms with E-state index in [2.05, 4.69) is 20.3 Å². The number of nitrogens with zero attached hydrogens (tertiary/aromatic N) is 1. The number of aliphatic imine (C=N–C) groups is 1. The third kappa shape index (κ3) is 4.36. The van der Waals surface area contributed by atoms with Gasteiger partial charge in [-0.25, -0.2) is 21.9 Å². The molecule has 3 N–H and O–H groups in total. The molecule has 0 atom stereocenters. The summed E-state index contributed by atoms with van der Waals surface area (Å²) in [5, 5.41) is 5.95. The van der Waals surface area contributed by atoms with E-state index in [9.17, 15) is 17.2 Å². The summed E-state index contributed by atoms with van der Waals surface area (Å²) in [6.45, 7) is 1.90. The highest BCUT2D eigenvalue weighted by Gasteiger charge is 2.18. The number of sulfonamides is 1. The molecule has 0 aliphatic carbocycles. The van der Waals surface area contributed by atoms with Crippen molar-refractivity contribution in [3.8, 4) is 0 Å². The molecule has 0 amide bonds. The van der Waals surface area contributed by atoms with Crippen LogP contribution in [0, 0.1) is 11.6 Å².